The average Bonchev–Trinajstić information content (AvgIpc) is 3.00. The van der Waals surface area contributed by atoms with Gasteiger partial charge in [-0.15, -0.1) is 0 Å². The van der Waals surface area contributed by atoms with Crippen molar-refractivity contribution in [2.24, 2.45) is 0 Å². The van der Waals surface area contributed by atoms with Gasteiger partial charge in [0.15, 0.2) is 5.78 Å². The van der Waals surface area contributed by atoms with Crippen molar-refractivity contribution in [2.45, 2.75) is 25.8 Å². The Morgan fingerprint density at radius 1 is 0.825 bits per heavy atom. The summed E-state index contributed by atoms with van der Waals surface area (Å²) in [6.45, 7) is 2.55. The molecule has 0 heterocycles. The molecule has 0 fully saturated rings. The molecule has 0 aliphatic rings. The SMILES string of the molecule is CCC(=O)N(CCOc1ccc(C[C@H](Nc2ccccc2C(=O)c2ccccc2)C(=O)O)cc1)c1ccccc1. The minimum absolute atomic E-state index is 0.0180. The summed E-state index contributed by atoms with van der Waals surface area (Å²) in [7, 11) is 0. The number of carboxylic acid groups (broad SMARTS) is 1. The van der Waals surface area contributed by atoms with Gasteiger partial charge in [-0.3, -0.25) is 9.59 Å². The molecule has 1 amide bonds. The number of aliphatic carboxylic acids is 1. The number of benzene rings is 4. The van der Waals surface area contributed by atoms with E-state index in [2.05, 4.69) is 5.32 Å². The molecule has 0 saturated heterocycles. The fraction of sp³-hybridized carbons (Fsp3) is 0.182. The Labute approximate surface area is 234 Å². The molecule has 1 atom stereocenters. The summed E-state index contributed by atoms with van der Waals surface area (Å²) in [5.74, 6) is -0.562. The van der Waals surface area contributed by atoms with Crippen LogP contribution in [0.4, 0.5) is 11.4 Å². The number of hydrogen-bond donors (Lipinski definition) is 2. The van der Waals surface area contributed by atoms with E-state index >= 15 is 0 Å². The van der Waals surface area contributed by atoms with Gasteiger partial charge in [-0.1, -0.05) is 79.7 Å². The predicted molar refractivity (Wildman–Crippen MR) is 156 cm³/mol. The summed E-state index contributed by atoms with van der Waals surface area (Å²) in [4.78, 5) is 39.3. The van der Waals surface area contributed by atoms with Crippen molar-refractivity contribution in [1.29, 1.82) is 0 Å². The first-order valence-corrected chi connectivity index (χ1v) is 13.2. The van der Waals surface area contributed by atoms with Crippen LogP contribution in [0.25, 0.3) is 0 Å². The molecule has 4 aromatic carbocycles. The molecule has 0 aromatic heterocycles. The van der Waals surface area contributed by atoms with Crippen LogP contribution in [-0.4, -0.2) is 42.0 Å². The number of nitrogens with zero attached hydrogens (tertiary/aromatic N) is 1. The number of carbonyl (C=O) groups excluding carboxylic acids is 2. The van der Waals surface area contributed by atoms with E-state index in [1.807, 2.05) is 55.5 Å². The predicted octanol–water partition coefficient (Wildman–Crippen LogP) is 5.85. The first-order valence-electron chi connectivity index (χ1n) is 13.2. The van der Waals surface area contributed by atoms with Crippen LogP contribution in [0.15, 0.2) is 109 Å². The van der Waals surface area contributed by atoms with Crippen molar-refractivity contribution in [3.63, 3.8) is 0 Å². The highest BCUT2D eigenvalue weighted by molar-refractivity contribution is 6.12. The van der Waals surface area contributed by atoms with Gasteiger partial charge >= 0.3 is 5.97 Å². The van der Waals surface area contributed by atoms with Gasteiger partial charge in [-0.25, -0.2) is 4.79 Å². The molecule has 4 rings (SSSR count). The average molecular weight is 537 g/mol. The topological polar surface area (TPSA) is 95.9 Å². The first kappa shape index (κ1) is 28.1. The van der Waals surface area contributed by atoms with E-state index in [-0.39, 0.29) is 18.1 Å². The highest BCUT2D eigenvalue weighted by atomic mass is 16.5. The third kappa shape index (κ3) is 7.35. The van der Waals surface area contributed by atoms with E-state index in [4.69, 9.17) is 4.74 Å². The van der Waals surface area contributed by atoms with E-state index in [1.54, 1.807) is 65.6 Å². The van der Waals surface area contributed by atoms with Crippen molar-refractivity contribution in [2.75, 3.05) is 23.4 Å². The van der Waals surface area contributed by atoms with Gasteiger partial charge in [0.2, 0.25) is 5.91 Å². The monoisotopic (exact) mass is 536 g/mol. The molecule has 0 bridgehead atoms. The number of amides is 1. The fourth-order valence-corrected chi connectivity index (χ4v) is 4.35. The van der Waals surface area contributed by atoms with Gasteiger partial charge in [0.1, 0.15) is 18.4 Å². The zero-order valence-electron chi connectivity index (χ0n) is 22.3. The molecule has 4 aromatic rings. The molecule has 2 N–H and O–H groups in total. The van der Waals surface area contributed by atoms with Gasteiger partial charge in [-0.05, 0) is 42.0 Å². The number of ether oxygens (including phenoxy) is 1. The lowest BCUT2D eigenvalue weighted by molar-refractivity contribution is -0.137. The number of ketones is 1. The van der Waals surface area contributed by atoms with Crippen molar-refractivity contribution >= 4 is 29.0 Å². The summed E-state index contributed by atoms with van der Waals surface area (Å²) in [5, 5.41) is 13.0. The Morgan fingerprint density at radius 3 is 2.10 bits per heavy atom. The second-order valence-electron chi connectivity index (χ2n) is 9.21. The summed E-state index contributed by atoms with van der Waals surface area (Å²) in [6, 6.07) is 31.6. The minimum Gasteiger partial charge on any atom is -0.492 e. The number of anilines is 2. The quantitative estimate of drug-likeness (QED) is 0.208. The Bertz CT molecular complexity index is 1420. The maximum absolute atomic E-state index is 13.1. The van der Waals surface area contributed by atoms with Crippen molar-refractivity contribution in [3.05, 3.63) is 126 Å². The first-order chi connectivity index (χ1) is 19.5. The number of rotatable bonds is 13. The smallest absolute Gasteiger partial charge is 0.326 e. The Hall–Kier alpha value is -4.91. The normalized spacial score (nSPS) is 11.3. The standard InChI is InChI=1S/C33H32N2O5/c1-2-31(36)35(26-13-7-4-8-14-26)21-22-40-27-19-17-24(18-20-27)23-30(33(38)39)34-29-16-10-9-15-28(29)32(37)25-11-5-3-6-12-25/h3-20,30,34H,2,21-23H2,1H3,(H,38,39)/t30-/m0/s1. The zero-order chi connectivity index (χ0) is 28.3. The summed E-state index contributed by atoms with van der Waals surface area (Å²) >= 11 is 0. The van der Waals surface area contributed by atoms with Crippen LogP contribution in [0.2, 0.25) is 0 Å². The highest BCUT2D eigenvalue weighted by Gasteiger charge is 2.21. The third-order valence-electron chi connectivity index (χ3n) is 6.45. The van der Waals surface area contributed by atoms with Crippen molar-refractivity contribution < 1.29 is 24.2 Å². The van der Waals surface area contributed by atoms with E-state index in [1.165, 1.54) is 0 Å². The number of carboxylic acids is 1. The van der Waals surface area contributed by atoms with Crippen LogP contribution in [0.5, 0.6) is 5.75 Å². The molecule has 0 radical (unpaired) electrons. The lowest BCUT2D eigenvalue weighted by Crippen LogP contribution is -2.34. The van der Waals surface area contributed by atoms with Crippen LogP contribution >= 0.6 is 0 Å². The van der Waals surface area contributed by atoms with Crippen molar-refractivity contribution in [3.8, 4) is 5.75 Å². The van der Waals surface area contributed by atoms with E-state index in [0.717, 1.165) is 11.3 Å². The molecule has 0 aliphatic heterocycles. The fourth-order valence-electron chi connectivity index (χ4n) is 4.35. The van der Waals surface area contributed by atoms with Crippen LogP contribution < -0.4 is 15.0 Å². The van der Waals surface area contributed by atoms with Crippen LogP contribution in [-0.2, 0) is 16.0 Å². The second kappa shape index (κ2) is 13.8. The van der Waals surface area contributed by atoms with Gasteiger partial charge in [0.25, 0.3) is 0 Å². The highest BCUT2D eigenvalue weighted by Crippen LogP contribution is 2.22. The number of hydrogen-bond acceptors (Lipinski definition) is 5. The Balaban J connectivity index is 1.38. The van der Waals surface area contributed by atoms with Crippen LogP contribution in [0.3, 0.4) is 0 Å². The van der Waals surface area contributed by atoms with E-state index in [9.17, 15) is 19.5 Å². The number of carbonyl (C=O) groups is 3. The summed E-state index contributed by atoms with van der Waals surface area (Å²) < 4.78 is 5.88. The molecule has 0 saturated carbocycles. The zero-order valence-corrected chi connectivity index (χ0v) is 22.3. The minimum atomic E-state index is -1.02. The van der Waals surface area contributed by atoms with Gasteiger partial charge in [0, 0.05) is 35.3 Å². The van der Waals surface area contributed by atoms with Gasteiger partial charge in [-0.2, -0.15) is 0 Å². The van der Waals surface area contributed by atoms with E-state index in [0.29, 0.717) is 42.1 Å². The van der Waals surface area contributed by atoms with Gasteiger partial charge in [0.05, 0.1) is 6.54 Å². The van der Waals surface area contributed by atoms with Crippen LogP contribution in [0, 0.1) is 0 Å². The molecule has 0 spiro atoms. The molecular formula is C33H32N2O5. The maximum Gasteiger partial charge on any atom is 0.326 e. The molecule has 204 valence electrons. The largest absolute Gasteiger partial charge is 0.492 e. The third-order valence-corrected chi connectivity index (χ3v) is 6.45. The molecule has 7 heteroatoms. The Kier molecular flexibility index (Phi) is 9.67. The Morgan fingerprint density at radius 2 is 1.45 bits per heavy atom. The summed E-state index contributed by atoms with van der Waals surface area (Å²) in [5.41, 5.74) is 3.03. The number of para-hydroxylation sites is 2. The van der Waals surface area contributed by atoms with Crippen LogP contribution in [0.1, 0.15) is 34.8 Å². The van der Waals surface area contributed by atoms with E-state index < -0.39 is 12.0 Å². The molecular weight excluding hydrogens is 504 g/mol. The summed E-state index contributed by atoms with van der Waals surface area (Å²) in [6.07, 6.45) is 0.601. The van der Waals surface area contributed by atoms with Crippen molar-refractivity contribution in [1.82, 2.24) is 0 Å². The van der Waals surface area contributed by atoms with Gasteiger partial charge < -0.3 is 20.1 Å². The molecule has 40 heavy (non-hydrogen) atoms. The number of nitrogens with one attached hydrogen (secondary N) is 1. The molecule has 7 nitrogen and oxygen atoms in total. The molecule has 0 aliphatic carbocycles. The molecule has 0 unspecified atom stereocenters. The second-order valence-corrected chi connectivity index (χ2v) is 9.21. The lowest BCUT2D eigenvalue weighted by atomic mass is 10.00. The maximum atomic E-state index is 13.1. The lowest BCUT2D eigenvalue weighted by Gasteiger charge is -2.22.